The first-order chi connectivity index (χ1) is 15.2. The Balaban J connectivity index is 1.65. The van der Waals surface area contributed by atoms with Crippen molar-refractivity contribution in [3.63, 3.8) is 0 Å². The minimum Gasteiger partial charge on any atom is -0.300 e. The normalized spacial score (nSPS) is 12.7. The van der Waals surface area contributed by atoms with Crippen LogP contribution < -0.4 is 10.0 Å². The van der Waals surface area contributed by atoms with Crippen molar-refractivity contribution >= 4 is 69.8 Å². The second kappa shape index (κ2) is 8.77. The number of thiazole rings is 1. The molecule has 0 aliphatic rings. The van der Waals surface area contributed by atoms with Crippen molar-refractivity contribution in [3.05, 3.63) is 71.7 Å². The number of hydrogen-bond acceptors (Lipinski definition) is 8. The minimum absolute atomic E-state index is 0.317. The number of hydrogen-bond donors (Lipinski definition) is 2. The number of thiophene rings is 1. The van der Waals surface area contributed by atoms with Gasteiger partial charge in [-0.05, 0) is 42.8 Å². The predicted octanol–water partition coefficient (Wildman–Crippen LogP) is 5.21. The Kier molecular flexibility index (Phi) is 6.04. The van der Waals surface area contributed by atoms with Crippen LogP contribution in [0.15, 0.2) is 60.3 Å². The molecule has 32 heavy (non-hydrogen) atoms. The van der Waals surface area contributed by atoms with Crippen LogP contribution in [0.1, 0.15) is 12.5 Å². The van der Waals surface area contributed by atoms with E-state index in [4.69, 9.17) is 0 Å². The number of sulfonamides is 1. The second-order valence-corrected chi connectivity index (χ2v) is 10.5. The maximum atomic E-state index is 13.4. The molecular weight excluding hydrogens is 469 g/mol. The van der Waals surface area contributed by atoms with E-state index in [2.05, 4.69) is 31.6 Å². The number of aromatic nitrogens is 3. The van der Waals surface area contributed by atoms with Gasteiger partial charge in [0.1, 0.15) is 5.82 Å². The highest BCUT2D eigenvalue weighted by atomic mass is 32.2. The Morgan fingerprint density at radius 2 is 2.06 bits per heavy atom. The topological polar surface area (TPSA) is 96.9 Å². The predicted molar refractivity (Wildman–Crippen MR) is 130 cm³/mol. The van der Waals surface area contributed by atoms with Crippen molar-refractivity contribution < 1.29 is 12.8 Å². The van der Waals surface area contributed by atoms with E-state index in [9.17, 15) is 12.8 Å². The molecule has 2 N–H and O–H groups in total. The fourth-order valence-electron chi connectivity index (χ4n) is 2.93. The van der Waals surface area contributed by atoms with Crippen molar-refractivity contribution in [2.75, 3.05) is 11.6 Å². The standard InChI is InChI=1S/C21H18FN5O2S3/c1-4-5-14(27-32(3,28)29)8-12(2)15-11-30-18-10-23-20(25-19(15)18)26-21-24-16-7-6-13(22)9-17(16)31-21/h4-11,27H,2H2,1,3H3,(H,23,24,25,26)/b5-4-,14-8+. The number of anilines is 2. The maximum absolute atomic E-state index is 13.4. The zero-order chi connectivity index (χ0) is 22.9. The van der Waals surface area contributed by atoms with Gasteiger partial charge in [0, 0.05) is 16.6 Å². The quantitative estimate of drug-likeness (QED) is 0.348. The highest BCUT2D eigenvalue weighted by molar-refractivity contribution is 7.88. The van der Waals surface area contributed by atoms with Gasteiger partial charge in [-0.3, -0.25) is 10.0 Å². The molecule has 164 valence electrons. The molecule has 4 aromatic rings. The van der Waals surface area contributed by atoms with E-state index in [0.717, 1.165) is 21.2 Å². The van der Waals surface area contributed by atoms with Crippen LogP contribution >= 0.6 is 22.7 Å². The third-order valence-electron chi connectivity index (χ3n) is 4.21. The number of allylic oxidation sites excluding steroid dienone is 4. The maximum Gasteiger partial charge on any atom is 0.229 e. The fraction of sp³-hybridized carbons (Fsp3) is 0.0952. The molecule has 7 nitrogen and oxygen atoms in total. The number of nitrogens with one attached hydrogen (secondary N) is 2. The van der Waals surface area contributed by atoms with Crippen LogP contribution in [0.25, 0.3) is 26.0 Å². The Morgan fingerprint density at radius 1 is 1.25 bits per heavy atom. The molecule has 1 aromatic carbocycles. The lowest BCUT2D eigenvalue weighted by Gasteiger charge is -2.06. The summed E-state index contributed by atoms with van der Waals surface area (Å²) in [6, 6.07) is 4.42. The Labute approximate surface area is 192 Å². The highest BCUT2D eigenvalue weighted by Gasteiger charge is 2.12. The lowest BCUT2D eigenvalue weighted by atomic mass is 10.1. The molecule has 0 bridgehead atoms. The van der Waals surface area contributed by atoms with E-state index >= 15 is 0 Å². The molecule has 4 rings (SSSR count). The smallest absolute Gasteiger partial charge is 0.229 e. The summed E-state index contributed by atoms with van der Waals surface area (Å²) < 4.78 is 40.7. The number of rotatable bonds is 7. The third kappa shape index (κ3) is 5.01. The number of halogens is 1. The molecule has 0 atom stereocenters. The van der Waals surface area contributed by atoms with Crippen LogP contribution in [-0.4, -0.2) is 29.6 Å². The fourth-order valence-corrected chi connectivity index (χ4v) is 5.26. The van der Waals surface area contributed by atoms with Crippen LogP contribution in [0, 0.1) is 5.82 Å². The molecule has 0 aliphatic heterocycles. The summed E-state index contributed by atoms with van der Waals surface area (Å²) in [7, 11) is -3.43. The van der Waals surface area contributed by atoms with E-state index in [-0.39, 0.29) is 5.82 Å². The number of benzene rings is 1. The average molecular weight is 488 g/mol. The first kappa shape index (κ1) is 22.1. The molecule has 0 unspecified atom stereocenters. The van der Waals surface area contributed by atoms with Crippen LogP contribution in [0.5, 0.6) is 0 Å². The molecule has 3 aromatic heterocycles. The number of nitrogens with zero attached hydrogens (tertiary/aromatic N) is 3. The molecule has 0 amide bonds. The Bertz CT molecular complexity index is 1500. The van der Waals surface area contributed by atoms with Crippen molar-refractivity contribution in [2.24, 2.45) is 0 Å². The van der Waals surface area contributed by atoms with Crippen LogP contribution in [-0.2, 0) is 10.0 Å². The minimum atomic E-state index is -3.43. The van der Waals surface area contributed by atoms with E-state index in [0.29, 0.717) is 33.4 Å². The van der Waals surface area contributed by atoms with Crippen LogP contribution in [0.4, 0.5) is 15.5 Å². The highest BCUT2D eigenvalue weighted by Crippen LogP contribution is 2.32. The molecule has 0 radical (unpaired) electrons. The molecule has 0 saturated heterocycles. The molecule has 3 heterocycles. The van der Waals surface area contributed by atoms with Gasteiger partial charge < -0.3 is 0 Å². The SMILES string of the molecule is C=C(/C=C(\C=C/C)NS(C)(=O)=O)c1csc2cnc(Nc3nc4ccc(F)cc4s3)nc12. The Morgan fingerprint density at radius 3 is 2.81 bits per heavy atom. The summed E-state index contributed by atoms with van der Waals surface area (Å²) in [4.78, 5) is 13.4. The molecule has 11 heteroatoms. The zero-order valence-electron chi connectivity index (χ0n) is 17.1. The number of fused-ring (bicyclic) bond motifs is 2. The van der Waals surface area contributed by atoms with Crippen molar-refractivity contribution in [2.45, 2.75) is 6.92 Å². The van der Waals surface area contributed by atoms with Crippen molar-refractivity contribution in [1.29, 1.82) is 0 Å². The molecule has 0 saturated carbocycles. The molecular formula is C21H18FN5O2S3. The lowest BCUT2D eigenvalue weighted by Crippen LogP contribution is -2.20. The van der Waals surface area contributed by atoms with Gasteiger partial charge in [0.25, 0.3) is 0 Å². The summed E-state index contributed by atoms with van der Waals surface area (Å²) >= 11 is 2.77. The van der Waals surface area contributed by atoms with Gasteiger partial charge in [-0.15, -0.1) is 11.3 Å². The van der Waals surface area contributed by atoms with Crippen molar-refractivity contribution in [3.8, 4) is 0 Å². The van der Waals surface area contributed by atoms with Gasteiger partial charge in [0.15, 0.2) is 5.13 Å². The van der Waals surface area contributed by atoms with Gasteiger partial charge in [-0.1, -0.05) is 24.0 Å². The Hall–Kier alpha value is -3.15. The van der Waals surface area contributed by atoms with Gasteiger partial charge in [-0.2, -0.15) is 0 Å². The monoisotopic (exact) mass is 487 g/mol. The lowest BCUT2D eigenvalue weighted by molar-refractivity contribution is 0.595. The van der Waals surface area contributed by atoms with Gasteiger partial charge in [0.2, 0.25) is 16.0 Å². The first-order valence-electron chi connectivity index (χ1n) is 9.30. The summed E-state index contributed by atoms with van der Waals surface area (Å²) in [5.41, 5.74) is 3.12. The van der Waals surface area contributed by atoms with E-state index < -0.39 is 10.0 Å². The first-order valence-corrected chi connectivity index (χ1v) is 12.9. The van der Waals surface area contributed by atoms with Gasteiger partial charge in [0.05, 0.1) is 32.9 Å². The summed E-state index contributed by atoms with van der Waals surface area (Å²) in [5.74, 6) is 0.0268. The van der Waals surface area contributed by atoms with E-state index in [1.54, 1.807) is 37.4 Å². The van der Waals surface area contributed by atoms with Gasteiger partial charge >= 0.3 is 0 Å². The summed E-state index contributed by atoms with van der Waals surface area (Å²) in [5, 5.41) is 5.52. The third-order valence-corrected chi connectivity index (χ3v) is 6.65. The van der Waals surface area contributed by atoms with Crippen LogP contribution in [0.3, 0.4) is 0 Å². The van der Waals surface area contributed by atoms with E-state index in [1.165, 1.54) is 34.8 Å². The summed E-state index contributed by atoms with van der Waals surface area (Å²) in [6.07, 6.45) is 7.83. The molecule has 0 spiro atoms. The second-order valence-electron chi connectivity index (χ2n) is 6.81. The van der Waals surface area contributed by atoms with Gasteiger partial charge in [-0.25, -0.2) is 27.8 Å². The molecule has 0 fully saturated rings. The average Bonchev–Trinajstić information content (AvgIpc) is 3.29. The van der Waals surface area contributed by atoms with Crippen LogP contribution in [0.2, 0.25) is 0 Å². The zero-order valence-corrected chi connectivity index (χ0v) is 19.5. The molecule has 0 aliphatic carbocycles. The van der Waals surface area contributed by atoms with Crippen molar-refractivity contribution in [1.82, 2.24) is 19.7 Å². The largest absolute Gasteiger partial charge is 0.300 e. The summed E-state index contributed by atoms with van der Waals surface area (Å²) in [6.45, 7) is 5.88. The van der Waals surface area contributed by atoms with E-state index in [1.807, 2.05) is 5.38 Å².